The minimum atomic E-state index is -0.00586. The second-order valence-corrected chi connectivity index (χ2v) is 6.93. The van der Waals surface area contributed by atoms with E-state index < -0.39 is 0 Å². The molecule has 7 heteroatoms. The van der Waals surface area contributed by atoms with Gasteiger partial charge in [0.25, 0.3) is 0 Å². The predicted octanol–water partition coefficient (Wildman–Crippen LogP) is 2.96. The van der Waals surface area contributed by atoms with Crippen molar-refractivity contribution in [1.82, 2.24) is 20.4 Å². The van der Waals surface area contributed by atoms with Crippen molar-refractivity contribution in [3.8, 4) is 0 Å². The van der Waals surface area contributed by atoms with Crippen molar-refractivity contribution in [2.24, 2.45) is 0 Å². The van der Waals surface area contributed by atoms with Crippen LogP contribution in [0.1, 0.15) is 43.0 Å². The molecule has 2 amide bonds. The summed E-state index contributed by atoms with van der Waals surface area (Å²) in [5, 5.41) is 11.1. The molecular weight excluding hydrogens is 312 g/mol. The normalized spacial score (nSPS) is 19.6. The van der Waals surface area contributed by atoms with Gasteiger partial charge < -0.3 is 14.7 Å². The first kappa shape index (κ1) is 16.0. The van der Waals surface area contributed by atoms with Gasteiger partial charge in [0.15, 0.2) is 5.82 Å². The van der Waals surface area contributed by atoms with E-state index in [0.29, 0.717) is 18.3 Å². The molecule has 3 rings (SSSR count). The Labute approximate surface area is 139 Å². The maximum Gasteiger partial charge on any atom is 0.317 e. The maximum absolute atomic E-state index is 12.5. The maximum atomic E-state index is 12.5. The van der Waals surface area contributed by atoms with E-state index in [-0.39, 0.29) is 18.0 Å². The average molecular weight is 334 g/mol. The first-order valence-corrected chi connectivity index (χ1v) is 8.93. The van der Waals surface area contributed by atoms with Crippen LogP contribution in [0.3, 0.4) is 0 Å². The molecule has 0 bridgehead atoms. The highest BCUT2D eigenvalue weighted by Gasteiger charge is 2.28. The number of likely N-dealkylation sites (tertiary alicyclic amines) is 1. The SMILES string of the molecule is Cc1noc([C@@H]2CCCN(C(=O)N[C@H](C)Cc3ccsc3)C2)n1. The number of thiophene rings is 1. The van der Waals surface area contributed by atoms with Gasteiger partial charge in [-0.1, -0.05) is 5.16 Å². The van der Waals surface area contributed by atoms with E-state index in [9.17, 15) is 4.79 Å². The fraction of sp³-hybridized carbons (Fsp3) is 0.562. The Morgan fingerprint density at radius 2 is 2.48 bits per heavy atom. The average Bonchev–Trinajstić information content (AvgIpc) is 3.19. The molecule has 0 radical (unpaired) electrons. The lowest BCUT2D eigenvalue weighted by atomic mass is 9.98. The topological polar surface area (TPSA) is 71.3 Å². The van der Waals surface area contributed by atoms with E-state index in [1.807, 2.05) is 18.7 Å². The van der Waals surface area contributed by atoms with Crippen LogP contribution < -0.4 is 5.32 Å². The van der Waals surface area contributed by atoms with E-state index in [0.717, 1.165) is 25.8 Å². The van der Waals surface area contributed by atoms with Crippen LogP contribution in [-0.4, -0.2) is 40.2 Å². The van der Waals surface area contributed by atoms with Crippen LogP contribution in [0, 0.1) is 6.92 Å². The Hall–Kier alpha value is -1.89. The number of urea groups is 1. The second kappa shape index (κ2) is 7.12. The van der Waals surface area contributed by atoms with Crippen molar-refractivity contribution < 1.29 is 9.32 Å². The third kappa shape index (κ3) is 4.10. The molecule has 0 aromatic carbocycles. The van der Waals surface area contributed by atoms with Gasteiger partial charge >= 0.3 is 6.03 Å². The largest absolute Gasteiger partial charge is 0.339 e. The van der Waals surface area contributed by atoms with E-state index in [4.69, 9.17) is 4.52 Å². The lowest BCUT2D eigenvalue weighted by molar-refractivity contribution is 0.169. The highest BCUT2D eigenvalue weighted by molar-refractivity contribution is 7.07. The Balaban J connectivity index is 1.54. The zero-order valence-corrected chi connectivity index (χ0v) is 14.3. The van der Waals surface area contributed by atoms with Crippen LogP contribution in [0.2, 0.25) is 0 Å². The number of aryl methyl sites for hydroxylation is 1. The number of amides is 2. The monoisotopic (exact) mass is 334 g/mol. The zero-order valence-electron chi connectivity index (χ0n) is 13.5. The van der Waals surface area contributed by atoms with Gasteiger partial charge in [-0.2, -0.15) is 16.3 Å². The van der Waals surface area contributed by atoms with Gasteiger partial charge in [0.1, 0.15) is 0 Å². The molecule has 2 atom stereocenters. The summed E-state index contributed by atoms with van der Waals surface area (Å²) in [4.78, 5) is 18.6. The molecule has 0 spiro atoms. The summed E-state index contributed by atoms with van der Waals surface area (Å²) in [5.41, 5.74) is 1.26. The Morgan fingerprint density at radius 3 is 3.17 bits per heavy atom. The third-order valence-electron chi connectivity index (χ3n) is 4.09. The zero-order chi connectivity index (χ0) is 16.2. The molecule has 1 aliphatic rings. The summed E-state index contributed by atoms with van der Waals surface area (Å²) in [6.07, 6.45) is 2.80. The number of aromatic nitrogens is 2. The van der Waals surface area contributed by atoms with Crippen molar-refractivity contribution in [3.05, 3.63) is 34.1 Å². The number of piperidine rings is 1. The molecule has 1 saturated heterocycles. The van der Waals surface area contributed by atoms with Gasteiger partial charge in [0.2, 0.25) is 5.89 Å². The van der Waals surface area contributed by atoms with Crippen molar-refractivity contribution in [3.63, 3.8) is 0 Å². The molecule has 0 unspecified atom stereocenters. The van der Waals surface area contributed by atoms with E-state index >= 15 is 0 Å². The fourth-order valence-corrected chi connectivity index (χ4v) is 3.64. The van der Waals surface area contributed by atoms with Crippen LogP contribution in [0.25, 0.3) is 0 Å². The molecule has 23 heavy (non-hydrogen) atoms. The van der Waals surface area contributed by atoms with Crippen molar-refractivity contribution in [2.45, 2.75) is 45.1 Å². The Bertz CT molecular complexity index is 640. The number of carbonyl (C=O) groups is 1. The van der Waals surface area contributed by atoms with E-state index in [1.54, 1.807) is 11.3 Å². The lowest BCUT2D eigenvalue weighted by Crippen LogP contribution is -2.48. The first-order valence-electron chi connectivity index (χ1n) is 7.98. The Morgan fingerprint density at radius 1 is 1.61 bits per heavy atom. The lowest BCUT2D eigenvalue weighted by Gasteiger charge is -2.32. The molecule has 3 heterocycles. The van der Waals surface area contributed by atoms with Gasteiger partial charge in [-0.25, -0.2) is 4.79 Å². The van der Waals surface area contributed by atoms with Crippen molar-refractivity contribution in [1.29, 1.82) is 0 Å². The van der Waals surface area contributed by atoms with E-state index in [2.05, 4.69) is 32.3 Å². The summed E-state index contributed by atoms with van der Waals surface area (Å²) in [6.45, 7) is 5.27. The van der Waals surface area contributed by atoms with Crippen molar-refractivity contribution in [2.75, 3.05) is 13.1 Å². The third-order valence-corrected chi connectivity index (χ3v) is 4.83. The molecule has 0 aliphatic carbocycles. The Kier molecular flexibility index (Phi) is 4.95. The van der Waals surface area contributed by atoms with Crippen LogP contribution in [-0.2, 0) is 6.42 Å². The summed E-state index contributed by atoms with van der Waals surface area (Å²) in [5.74, 6) is 1.43. The fourth-order valence-electron chi connectivity index (χ4n) is 2.96. The number of nitrogens with zero attached hydrogens (tertiary/aromatic N) is 3. The highest BCUT2D eigenvalue weighted by Crippen LogP contribution is 2.25. The number of hydrogen-bond acceptors (Lipinski definition) is 5. The van der Waals surface area contributed by atoms with Gasteiger partial charge in [-0.15, -0.1) is 0 Å². The van der Waals surface area contributed by atoms with Crippen LogP contribution >= 0.6 is 11.3 Å². The summed E-state index contributed by atoms with van der Waals surface area (Å²) in [7, 11) is 0. The van der Waals surface area contributed by atoms with Crippen molar-refractivity contribution >= 4 is 17.4 Å². The number of hydrogen-bond donors (Lipinski definition) is 1. The number of rotatable bonds is 4. The molecule has 1 N–H and O–H groups in total. The summed E-state index contributed by atoms with van der Waals surface area (Å²) < 4.78 is 5.26. The minimum Gasteiger partial charge on any atom is -0.339 e. The van der Waals surface area contributed by atoms with Gasteiger partial charge in [-0.3, -0.25) is 0 Å². The molecule has 6 nitrogen and oxygen atoms in total. The van der Waals surface area contributed by atoms with Crippen LogP contribution in [0.15, 0.2) is 21.3 Å². The smallest absolute Gasteiger partial charge is 0.317 e. The van der Waals surface area contributed by atoms with Gasteiger partial charge in [0.05, 0.1) is 5.92 Å². The van der Waals surface area contributed by atoms with Gasteiger partial charge in [0, 0.05) is 19.1 Å². The van der Waals surface area contributed by atoms with E-state index in [1.165, 1.54) is 5.56 Å². The number of nitrogens with one attached hydrogen (secondary N) is 1. The molecular formula is C16H22N4O2S. The summed E-state index contributed by atoms with van der Waals surface area (Å²) >= 11 is 1.68. The molecule has 2 aromatic heterocycles. The van der Waals surface area contributed by atoms with Gasteiger partial charge in [-0.05, 0) is 55.5 Å². The molecule has 1 fully saturated rings. The molecule has 2 aromatic rings. The second-order valence-electron chi connectivity index (χ2n) is 6.15. The minimum absolute atomic E-state index is 0.00586. The number of carbonyl (C=O) groups excluding carboxylic acids is 1. The van der Waals surface area contributed by atoms with Crippen LogP contribution in [0.4, 0.5) is 4.79 Å². The first-order chi connectivity index (χ1) is 11.1. The quantitative estimate of drug-likeness (QED) is 0.933. The predicted molar refractivity (Wildman–Crippen MR) is 88.6 cm³/mol. The molecule has 0 saturated carbocycles. The standard InChI is InChI=1S/C16H22N4O2S/c1-11(8-13-5-7-23-10-13)17-16(21)20-6-3-4-14(9-20)15-18-12(2)19-22-15/h5,7,10-11,14H,3-4,6,8-9H2,1-2H3,(H,17,21)/t11-,14-/m1/s1. The molecule has 124 valence electrons. The van der Waals surface area contributed by atoms with Crippen LogP contribution in [0.5, 0.6) is 0 Å². The summed E-state index contributed by atoms with van der Waals surface area (Å²) in [6, 6.07) is 2.21. The molecule has 1 aliphatic heterocycles. The highest BCUT2D eigenvalue weighted by atomic mass is 32.1.